The third kappa shape index (κ3) is 3.05. The molecule has 0 aliphatic heterocycles. The van der Waals surface area contributed by atoms with Crippen molar-refractivity contribution in [1.29, 1.82) is 0 Å². The Morgan fingerprint density at radius 2 is 1.96 bits per heavy atom. The lowest BCUT2D eigenvalue weighted by atomic mass is 9.59. The van der Waals surface area contributed by atoms with Gasteiger partial charge in [0.05, 0.1) is 11.3 Å². The van der Waals surface area contributed by atoms with Crippen LogP contribution < -0.4 is 0 Å². The van der Waals surface area contributed by atoms with Crippen LogP contribution in [0.1, 0.15) is 56.6 Å². The van der Waals surface area contributed by atoms with Crippen LogP contribution in [0.15, 0.2) is 18.2 Å². The van der Waals surface area contributed by atoms with Gasteiger partial charge in [0.25, 0.3) is 0 Å². The number of carbonyl (C=O) groups is 2. The first-order valence-electron chi connectivity index (χ1n) is 8.13. The molecule has 2 rings (SSSR count). The molecule has 1 fully saturated rings. The Labute approximate surface area is 136 Å². The zero-order valence-corrected chi connectivity index (χ0v) is 13.6. The van der Waals surface area contributed by atoms with Gasteiger partial charge in [-0.25, -0.2) is 0 Å². The van der Waals surface area contributed by atoms with Gasteiger partial charge in [0.2, 0.25) is 0 Å². The molecule has 3 unspecified atom stereocenters. The Kier molecular flexibility index (Phi) is 4.97. The fraction of sp³-hybridized carbons (Fsp3) is 0.556. The average Bonchev–Trinajstić information content (AvgIpc) is 2.54. The van der Waals surface area contributed by atoms with E-state index < -0.39 is 23.3 Å². The van der Waals surface area contributed by atoms with Crippen LogP contribution in [0.2, 0.25) is 0 Å². The number of aliphatic carboxylic acids is 2. The number of carboxylic acids is 2. The molecule has 1 aromatic carbocycles. The van der Waals surface area contributed by atoms with Gasteiger partial charge in [-0.1, -0.05) is 26.0 Å². The molecular weight excluding hydrogens is 296 g/mol. The van der Waals surface area contributed by atoms with Crippen LogP contribution in [0.25, 0.3) is 0 Å². The monoisotopic (exact) mass is 320 g/mol. The lowest BCUT2D eigenvalue weighted by Gasteiger charge is -2.42. The molecule has 0 heterocycles. The van der Waals surface area contributed by atoms with Crippen LogP contribution in [-0.4, -0.2) is 27.3 Å². The van der Waals surface area contributed by atoms with Crippen LogP contribution >= 0.6 is 0 Å². The summed E-state index contributed by atoms with van der Waals surface area (Å²) in [5.41, 5.74) is 0.638. The van der Waals surface area contributed by atoms with Gasteiger partial charge in [-0.05, 0) is 49.3 Å². The highest BCUT2D eigenvalue weighted by atomic mass is 16.4. The molecule has 0 aromatic heterocycles. The second-order valence-corrected chi connectivity index (χ2v) is 6.42. The summed E-state index contributed by atoms with van der Waals surface area (Å²) in [5, 5.41) is 29.0. The molecular formula is C18H24O5. The quantitative estimate of drug-likeness (QED) is 0.773. The Hall–Kier alpha value is -2.04. The number of benzene rings is 1. The van der Waals surface area contributed by atoms with Gasteiger partial charge in [0.15, 0.2) is 0 Å². The normalized spacial score (nSPS) is 27.6. The van der Waals surface area contributed by atoms with Crippen LogP contribution in [0.3, 0.4) is 0 Å². The van der Waals surface area contributed by atoms with Gasteiger partial charge in [0, 0.05) is 5.92 Å². The van der Waals surface area contributed by atoms with Gasteiger partial charge >= 0.3 is 11.9 Å². The molecule has 1 saturated carbocycles. The van der Waals surface area contributed by atoms with Crippen molar-refractivity contribution >= 4 is 11.9 Å². The van der Waals surface area contributed by atoms with Gasteiger partial charge < -0.3 is 15.3 Å². The second kappa shape index (κ2) is 6.60. The van der Waals surface area contributed by atoms with Crippen LogP contribution in [0, 0.1) is 11.3 Å². The molecule has 0 bridgehead atoms. The minimum absolute atomic E-state index is 0.194. The van der Waals surface area contributed by atoms with Crippen molar-refractivity contribution in [3.05, 3.63) is 29.3 Å². The maximum atomic E-state index is 12.0. The second-order valence-electron chi connectivity index (χ2n) is 6.42. The minimum atomic E-state index is -0.937. The highest BCUT2D eigenvalue weighted by Gasteiger charge is 2.50. The lowest BCUT2D eigenvalue weighted by molar-refractivity contribution is -0.157. The van der Waals surface area contributed by atoms with Crippen molar-refractivity contribution in [2.24, 2.45) is 11.3 Å². The largest absolute Gasteiger partial charge is 0.508 e. The Morgan fingerprint density at radius 3 is 2.48 bits per heavy atom. The van der Waals surface area contributed by atoms with Gasteiger partial charge in [-0.3, -0.25) is 9.59 Å². The lowest BCUT2D eigenvalue weighted by Crippen LogP contribution is -2.42. The first-order valence-corrected chi connectivity index (χ1v) is 8.13. The summed E-state index contributed by atoms with van der Waals surface area (Å²) < 4.78 is 0. The van der Waals surface area contributed by atoms with Crippen molar-refractivity contribution < 1.29 is 24.9 Å². The number of phenolic OH excluding ortho intramolecular Hbond substituents is 1. The number of hydrogen-bond donors (Lipinski definition) is 3. The van der Waals surface area contributed by atoms with E-state index in [1.165, 1.54) is 0 Å². The third-order valence-electron chi connectivity index (χ3n) is 5.42. The van der Waals surface area contributed by atoms with Gasteiger partial charge in [-0.15, -0.1) is 0 Å². The fourth-order valence-electron chi connectivity index (χ4n) is 3.85. The number of aryl methyl sites for hydroxylation is 1. The van der Waals surface area contributed by atoms with E-state index in [0.29, 0.717) is 32.1 Å². The summed E-state index contributed by atoms with van der Waals surface area (Å²) in [6, 6.07) is 5.15. The maximum Gasteiger partial charge on any atom is 0.310 e. The minimum Gasteiger partial charge on any atom is -0.508 e. The smallest absolute Gasteiger partial charge is 0.310 e. The molecule has 1 aliphatic carbocycles. The highest BCUT2D eigenvalue weighted by molar-refractivity contribution is 5.78. The van der Waals surface area contributed by atoms with Gasteiger partial charge in [0.1, 0.15) is 5.75 Å². The van der Waals surface area contributed by atoms with E-state index in [4.69, 9.17) is 0 Å². The van der Waals surface area contributed by atoms with Crippen molar-refractivity contribution in [1.82, 2.24) is 0 Å². The number of hydrogen-bond acceptors (Lipinski definition) is 3. The van der Waals surface area contributed by atoms with Crippen LogP contribution in [0.5, 0.6) is 5.75 Å². The Morgan fingerprint density at radius 1 is 1.26 bits per heavy atom. The van der Waals surface area contributed by atoms with E-state index in [1.54, 1.807) is 12.1 Å². The number of rotatable bonds is 5. The molecule has 1 aliphatic rings. The topological polar surface area (TPSA) is 94.8 Å². The first-order chi connectivity index (χ1) is 10.9. The summed E-state index contributed by atoms with van der Waals surface area (Å²) >= 11 is 0. The molecule has 3 N–H and O–H groups in total. The summed E-state index contributed by atoms with van der Waals surface area (Å²) in [6.45, 7) is 3.77. The Bertz CT molecular complexity index is 609. The maximum absolute atomic E-state index is 12.0. The summed E-state index contributed by atoms with van der Waals surface area (Å²) in [4.78, 5) is 23.4. The van der Waals surface area contributed by atoms with E-state index in [1.807, 2.05) is 19.9 Å². The molecule has 0 saturated heterocycles. The van der Waals surface area contributed by atoms with Crippen molar-refractivity contribution in [3.63, 3.8) is 0 Å². The Balaban J connectivity index is 2.50. The molecule has 126 valence electrons. The highest BCUT2D eigenvalue weighted by Crippen LogP contribution is 2.52. The fourth-order valence-corrected chi connectivity index (χ4v) is 3.85. The summed E-state index contributed by atoms with van der Waals surface area (Å²) in [6.07, 6.45) is 2.18. The average molecular weight is 320 g/mol. The zero-order valence-electron chi connectivity index (χ0n) is 13.6. The molecule has 0 spiro atoms. The number of aromatic hydroxyl groups is 1. The summed E-state index contributed by atoms with van der Waals surface area (Å²) in [7, 11) is 0. The van der Waals surface area contributed by atoms with Crippen molar-refractivity contribution in [2.45, 2.75) is 51.9 Å². The number of carboxylic acid groups (broad SMARTS) is 2. The standard InChI is InChI=1S/C18H24O5/c1-3-11-9-12(5-6-15(11)19)14-10-13(16(20)21)7-8-18(14,4-2)17(22)23/h5-6,9,13-14,19H,3-4,7-8,10H2,1-2H3,(H,20,21)(H,22,23). The molecule has 0 radical (unpaired) electrons. The SMILES string of the molecule is CCc1cc(C2CC(C(=O)O)CCC2(CC)C(=O)O)ccc1O. The van der Waals surface area contributed by atoms with E-state index in [9.17, 15) is 24.9 Å². The van der Waals surface area contributed by atoms with E-state index in [0.717, 1.165) is 11.1 Å². The van der Waals surface area contributed by atoms with Crippen molar-refractivity contribution in [2.75, 3.05) is 0 Å². The molecule has 1 aromatic rings. The van der Waals surface area contributed by atoms with Crippen LogP contribution in [0.4, 0.5) is 0 Å². The molecule has 5 heteroatoms. The first kappa shape index (κ1) is 17.3. The van der Waals surface area contributed by atoms with E-state index >= 15 is 0 Å². The van der Waals surface area contributed by atoms with Crippen LogP contribution in [-0.2, 0) is 16.0 Å². The molecule has 3 atom stereocenters. The predicted octanol–water partition coefficient (Wildman–Crippen LogP) is 3.40. The molecule has 5 nitrogen and oxygen atoms in total. The van der Waals surface area contributed by atoms with E-state index in [-0.39, 0.29) is 11.7 Å². The number of phenols is 1. The van der Waals surface area contributed by atoms with E-state index in [2.05, 4.69) is 0 Å². The molecule has 23 heavy (non-hydrogen) atoms. The molecule has 0 amide bonds. The van der Waals surface area contributed by atoms with Gasteiger partial charge in [-0.2, -0.15) is 0 Å². The summed E-state index contributed by atoms with van der Waals surface area (Å²) in [5.74, 6) is -2.40. The third-order valence-corrected chi connectivity index (χ3v) is 5.42. The zero-order chi connectivity index (χ0) is 17.2. The predicted molar refractivity (Wildman–Crippen MR) is 85.6 cm³/mol. The van der Waals surface area contributed by atoms with Crippen molar-refractivity contribution in [3.8, 4) is 5.75 Å².